The van der Waals surface area contributed by atoms with Gasteiger partial charge in [-0.05, 0) is 43.5 Å². The summed E-state index contributed by atoms with van der Waals surface area (Å²) in [6.45, 7) is 5.49. The molecule has 2 atom stereocenters. The van der Waals surface area contributed by atoms with Crippen molar-refractivity contribution in [3.8, 4) is 17.0 Å². The van der Waals surface area contributed by atoms with Crippen LogP contribution in [0.25, 0.3) is 22.4 Å². The van der Waals surface area contributed by atoms with E-state index in [0.717, 1.165) is 56.3 Å². The van der Waals surface area contributed by atoms with E-state index in [-0.39, 0.29) is 11.5 Å². The molecule has 4 heterocycles. The molecule has 2 N–H and O–H groups in total. The predicted molar refractivity (Wildman–Crippen MR) is 150 cm³/mol. The monoisotopic (exact) mass is 552 g/mol. The number of aromatic amines is 1. The van der Waals surface area contributed by atoms with Gasteiger partial charge in [0.15, 0.2) is 0 Å². The number of nitrogens with one attached hydrogen (secondary N) is 2. The van der Waals surface area contributed by atoms with Crippen molar-refractivity contribution in [1.29, 1.82) is 0 Å². The van der Waals surface area contributed by atoms with E-state index >= 15 is 0 Å². The van der Waals surface area contributed by atoms with E-state index in [2.05, 4.69) is 39.5 Å². The minimum absolute atomic E-state index is 0.109. The van der Waals surface area contributed by atoms with Gasteiger partial charge >= 0.3 is 0 Å². The zero-order valence-corrected chi connectivity index (χ0v) is 22.9. The molecule has 2 aliphatic heterocycles. The van der Waals surface area contributed by atoms with Crippen molar-refractivity contribution in [2.45, 2.75) is 31.8 Å². The summed E-state index contributed by atoms with van der Waals surface area (Å²) in [4.78, 5) is 11.8. The summed E-state index contributed by atoms with van der Waals surface area (Å²) in [5.74, 6) is 1.70. The van der Waals surface area contributed by atoms with Gasteiger partial charge in [0.1, 0.15) is 17.1 Å². The number of anilines is 1. The van der Waals surface area contributed by atoms with Gasteiger partial charge in [-0.3, -0.25) is 5.10 Å². The zero-order chi connectivity index (χ0) is 26.3. The van der Waals surface area contributed by atoms with Crippen LogP contribution in [-0.2, 0) is 4.74 Å². The lowest BCUT2D eigenvalue weighted by Gasteiger charge is -2.43. The van der Waals surface area contributed by atoms with E-state index in [1.807, 2.05) is 30.5 Å². The fourth-order valence-corrected chi connectivity index (χ4v) is 6.07. The van der Waals surface area contributed by atoms with Crippen LogP contribution in [0.1, 0.15) is 31.4 Å². The maximum atomic E-state index is 6.43. The lowest BCUT2D eigenvalue weighted by Crippen LogP contribution is -2.51. The first-order valence-electron chi connectivity index (χ1n) is 12.9. The number of rotatable bonds is 6. The molecule has 8 nitrogen and oxygen atoms in total. The molecule has 2 aromatic heterocycles. The number of hydrogen-bond donors (Lipinski definition) is 2. The number of methoxy groups -OCH3 is 1. The SMILES string of the molecule is COc1ccc([C@@H](C)N[C@@H]2COCC23CCN(c2cnc4c(-c5cccc(Cl)c5Cl)[nH]nc4n2)CC3)cc1. The van der Waals surface area contributed by atoms with Crippen LogP contribution in [-0.4, -0.2) is 59.6 Å². The molecule has 2 saturated heterocycles. The molecule has 0 saturated carbocycles. The number of H-pyrrole nitrogens is 1. The van der Waals surface area contributed by atoms with Crippen molar-refractivity contribution in [3.05, 3.63) is 64.3 Å². The standard InChI is InChI=1S/C28H30Cl2N6O2/c1-17(18-6-8-19(37-2)9-7-18)32-22-15-38-16-28(22)10-12-36(13-11-28)23-14-31-26-25(34-35-27(26)33-23)20-4-3-5-21(29)24(20)30/h3-9,14,17,22,32H,10-13,15-16H2,1-2H3,(H,33,34,35)/t17-,22-/m1/s1. The third-order valence-electron chi connectivity index (χ3n) is 8.04. The maximum Gasteiger partial charge on any atom is 0.202 e. The first-order chi connectivity index (χ1) is 18.5. The Balaban J connectivity index is 1.15. The van der Waals surface area contributed by atoms with E-state index in [0.29, 0.717) is 32.9 Å². The molecule has 2 aromatic carbocycles. The second-order valence-corrected chi connectivity index (χ2v) is 11.0. The summed E-state index contributed by atoms with van der Waals surface area (Å²) < 4.78 is 11.3. The molecule has 4 aromatic rings. The average molecular weight is 553 g/mol. The highest BCUT2D eigenvalue weighted by Crippen LogP contribution is 2.41. The van der Waals surface area contributed by atoms with E-state index in [4.69, 9.17) is 42.6 Å². The number of aromatic nitrogens is 4. The van der Waals surface area contributed by atoms with Crippen molar-refractivity contribution < 1.29 is 9.47 Å². The number of piperidine rings is 1. The van der Waals surface area contributed by atoms with Crippen molar-refractivity contribution in [1.82, 2.24) is 25.5 Å². The van der Waals surface area contributed by atoms with Gasteiger partial charge < -0.3 is 19.7 Å². The van der Waals surface area contributed by atoms with E-state index in [1.54, 1.807) is 13.2 Å². The average Bonchev–Trinajstić information content (AvgIpc) is 3.54. The number of hydrogen-bond acceptors (Lipinski definition) is 7. The maximum absolute atomic E-state index is 6.43. The van der Waals surface area contributed by atoms with Gasteiger partial charge in [-0.15, -0.1) is 0 Å². The van der Waals surface area contributed by atoms with Crippen molar-refractivity contribution >= 4 is 40.2 Å². The minimum atomic E-state index is 0.109. The molecule has 2 fully saturated rings. The molecular weight excluding hydrogens is 523 g/mol. The predicted octanol–water partition coefficient (Wildman–Crippen LogP) is 5.67. The Labute approximate surface area is 231 Å². The topological polar surface area (TPSA) is 88.2 Å². The van der Waals surface area contributed by atoms with E-state index in [9.17, 15) is 0 Å². The fourth-order valence-electron chi connectivity index (χ4n) is 5.67. The van der Waals surface area contributed by atoms with E-state index in [1.165, 1.54) is 5.56 Å². The molecular formula is C28H30Cl2N6O2. The Morgan fingerprint density at radius 3 is 2.71 bits per heavy atom. The van der Waals surface area contributed by atoms with Crippen LogP contribution < -0.4 is 15.0 Å². The summed E-state index contributed by atoms with van der Waals surface area (Å²) in [5, 5.41) is 12.3. The summed E-state index contributed by atoms with van der Waals surface area (Å²) in [5.41, 5.74) is 4.06. The highest BCUT2D eigenvalue weighted by atomic mass is 35.5. The van der Waals surface area contributed by atoms with Crippen LogP contribution in [0, 0.1) is 5.41 Å². The third-order valence-corrected chi connectivity index (χ3v) is 8.86. The first-order valence-corrected chi connectivity index (χ1v) is 13.6. The first kappa shape index (κ1) is 25.4. The minimum Gasteiger partial charge on any atom is -0.497 e. The lowest BCUT2D eigenvalue weighted by atomic mass is 9.74. The Kier molecular flexibility index (Phi) is 6.90. The highest BCUT2D eigenvalue weighted by Gasteiger charge is 2.46. The molecule has 1 spiro atoms. The molecule has 0 unspecified atom stereocenters. The Morgan fingerprint density at radius 1 is 1.16 bits per heavy atom. The highest BCUT2D eigenvalue weighted by molar-refractivity contribution is 6.43. The summed E-state index contributed by atoms with van der Waals surface area (Å²) in [6, 6.07) is 14.3. The molecule has 0 radical (unpaired) electrons. The number of nitrogens with zero attached hydrogens (tertiary/aromatic N) is 4. The number of fused-ring (bicyclic) bond motifs is 1. The molecule has 0 bridgehead atoms. The molecule has 6 rings (SSSR count). The van der Waals surface area contributed by atoms with Crippen molar-refractivity contribution in [3.63, 3.8) is 0 Å². The van der Waals surface area contributed by atoms with Crippen LogP contribution in [0.2, 0.25) is 10.0 Å². The van der Waals surface area contributed by atoms with Crippen LogP contribution >= 0.6 is 23.2 Å². The molecule has 0 amide bonds. The normalized spacial score (nSPS) is 19.8. The molecule has 0 aliphatic carbocycles. The van der Waals surface area contributed by atoms with Gasteiger partial charge in [0.05, 0.1) is 42.3 Å². The van der Waals surface area contributed by atoms with Gasteiger partial charge in [-0.1, -0.05) is 47.5 Å². The van der Waals surface area contributed by atoms with Crippen LogP contribution in [0.4, 0.5) is 5.82 Å². The largest absolute Gasteiger partial charge is 0.497 e. The molecule has 2 aliphatic rings. The van der Waals surface area contributed by atoms with E-state index < -0.39 is 0 Å². The number of benzene rings is 2. The third kappa shape index (κ3) is 4.60. The van der Waals surface area contributed by atoms with Gasteiger partial charge in [-0.2, -0.15) is 5.10 Å². The van der Waals surface area contributed by atoms with Gasteiger partial charge in [0.2, 0.25) is 5.65 Å². The quantitative estimate of drug-likeness (QED) is 0.318. The molecule has 10 heteroatoms. The van der Waals surface area contributed by atoms with Crippen molar-refractivity contribution in [2.24, 2.45) is 5.41 Å². The molecule has 38 heavy (non-hydrogen) atoms. The van der Waals surface area contributed by atoms with Crippen LogP contribution in [0.3, 0.4) is 0 Å². The smallest absolute Gasteiger partial charge is 0.202 e. The second kappa shape index (κ2) is 10.3. The van der Waals surface area contributed by atoms with Gasteiger partial charge in [0, 0.05) is 36.2 Å². The Morgan fingerprint density at radius 2 is 1.95 bits per heavy atom. The Hall–Kier alpha value is -2.91. The summed E-state index contributed by atoms with van der Waals surface area (Å²) >= 11 is 12.6. The Bertz CT molecular complexity index is 1440. The second-order valence-electron chi connectivity index (χ2n) is 10.2. The lowest BCUT2D eigenvalue weighted by molar-refractivity contribution is 0.128. The summed E-state index contributed by atoms with van der Waals surface area (Å²) in [6.07, 6.45) is 3.86. The summed E-state index contributed by atoms with van der Waals surface area (Å²) in [7, 11) is 1.69. The number of halogens is 2. The fraction of sp³-hybridized carbons (Fsp3) is 0.393. The van der Waals surface area contributed by atoms with Crippen molar-refractivity contribution in [2.75, 3.05) is 38.3 Å². The molecule has 198 valence electrons. The number of ether oxygens (including phenoxy) is 2. The zero-order valence-electron chi connectivity index (χ0n) is 21.4. The van der Waals surface area contributed by atoms with Crippen LogP contribution in [0.5, 0.6) is 5.75 Å². The van der Waals surface area contributed by atoms with Crippen LogP contribution in [0.15, 0.2) is 48.7 Å². The van der Waals surface area contributed by atoms with Gasteiger partial charge in [0.25, 0.3) is 0 Å². The van der Waals surface area contributed by atoms with Gasteiger partial charge in [-0.25, -0.2) is 9.97 Å².